The van der Waals surface area contributed by atoms with Gasteiger partial charge in [0.15, 0.2) is 0 Å². The zero-order valence-corrected chi connectivity index (χ0v) is 15.0. The molecule has 0 N–H and O–H groups in total. The lowest BCUT2D eigenvalue weighted by Crippen LogP contribution is -2.49. The highest BCUT2D eigenvalue weighted by molar-refractivity contribution is 6.38. The summed E-state index contributed by atoms with van der Waals surface area (Å²) in [6.45, 7) is 5.04. The maximum absolute atomic E-state index is 12.8. The Morgan fingerprint density at radius 3 is 2.12 bits per heavy atom. The van der Waals surface area contributed by atoms with E-state index in [1.54, 1.807) is 21.0 Å². The van der Waals surface area contributed by atoms with Crippen molar-refractivity contribution in [2.45, 2.75) is 33.1 Å². The van der Waals surface area contributed by atoms with Gasteiger partial charge >= 0.3 is 0 Å². The van der Waals surface area contributed by atoms with E-state index in [-0.39, 0.29) is 12.2 Å². The van der Waals surface area contributed by atoms with Gasteiger partial charge in [0.1, 0.15) is 11.7 Å². The average molecular weight is 340 g/mol. The fourth-order valence-electron chi connectivity index (χ4n) is 2.87. The first-order valence-electron chi connectivity index (χ1n) is 8.49. The van der Waals surface area contributed by atoms with Gasteiger partial charge < -0.3 is 14.5 Å². The van der Waals surface area contributed by atoms with Crippen LogP contribution >= 0.6 is 0 Å². The third kappa shape index (κ3) is 4.87. The second-order valence-corrected chi connectivity index (χ2v) is 6.19. The normalized spacial score (nSPS) is 17.1. The Bertz CT molecular complexity index is 483. The molecule has 1 heterocycles. The third-order valence-electron chi connectivity index (χ3n) is 4.25. The van der Waals surface area contributed by atoms with Crippen molar-refractivity contribution in [1.82, 2.24) is 9.80 Å². The highest BCUT2D eigenvalue weighted by Gasteiger charge is 2.41. The van der Waals surface area contributed by atoms with Gasteiger partial charge in [0.05, 0.1) is 13.2 Å². The summed E-state index contributed by atoms with van der Waals surface area (Å²) in [6, 6.07) is 0. The third-order valence-corrected chi connectivity index (χ3v) is 4.25. The van der Waals surface area contributed by atoms with Crippen molar-refractivity contribution in [1.29, 1.82) is 0 Å². The molecule has 0 aromatic rings. The van der Waals surface area contributed by atoms with E-state index in [1.165, 1.54) is 9.80 Å². The number of ketones is 2. The Kier molecular flexibility index (Phi) is 8.04. The standard InChI is InChI=1S/C17H28N2O5/c1-5-7-12(14(13(20)6-2)16(22)18(3)4)15(21)17(23)19-8-10-24-11-9-19/h12,14H,5-11H2,1-4H3/t12-,14-/m1/s1. The summed E-state index contributed by atoms with van der Waals surface area (Å²) in [4.78, 5) is 52.8. The van der Waals surface area contributed by atoms with Crippen LogP contribution in [0.5, 0.6) is 0 Å². The first-order valence-corrected chi connectivity index (χ1v) is 8.49. The second-order valence-electron chi connectivity index (χ2n) is 6.19. The molecule has 24 heavy (non-hydrogen) atoms. The second kappa shape index (κ2) is 9.52. The summed E-state index contributed by atoms with van der Waals surface area (Å²) in [5.41, 5.74) is 0. The monoisotopic (exact) mass is 340 g/mol. The van der Waals surface area contributed by atoms with E-state index in [0.29, 0.717) is 39.1 Å². The van der Waals surface area contributed by atoms with E-state index in [9.17, 15) is 19.2 Å². The summed E-state index contributed by atoms with van der Waals surface area (Å²) < 4.78 is 5.19. The number of rotatable bonds is 8. The molecule has 1 saturated heterocycles. The molecule has 1 aliphatic rings. The SMILES string of the molecule is CCC[C@@H](C(=O)C(=O)N1CCOCC1)[C@H](C(=O)CC)C(=O)N(C)C. The van der Waals surface area contributed by atoms with E-state index in [2.05, 4.69) is 0 Å². The fourth-order valence-corrected chi connectivity index (χ4v) is 2.87. The summed E-state index contributed by atoms with van der Waals surface area (Å²) in [5, 5.41) is 0. The number of amides is 2. The molecule has 2 atom stereocenters. The van der Waals surface area contributed by atoms with Gasteiger partial charge in [-0.15, -0.1) is 0 Å². The van der Waals surface area contributed by atoms with Crippen molar-refractivity contribution in [2.75, 3.05) is 40.4 Å². The Morgan fingerprint density at radius 2 is 1.67 bits per heavy atom. The van der Waals surface area contributed by atoms with E-state index >= 15 is 0 Å². The quantitative estimate of drug-likeness (QED) is 0.475. The van der Waals surface area contributed by atoms with Crippen LogP contribution in [0.1, 0.15) is 33.1 Å². The molecule has 0 aliphatic carbocycles. The lowest BCUT2D eigenvalue weighted by molar-refractivity contribution is -0.154. The van der Waals surface area contributed by atoms with Gasteiger partial charge in [-0.25, -0.2) is 0 Å². The minimum atomic E-state index is -1.08. The molecule has 0 bridgehead atoms. The topological polar surface area (TPSA) is 84.0 Å². The van der Waals surface area contributed by atoms with Crippen LogP contribution in [0.2, 0.25) is 0 Å². The fraction of sp³-hybridized carbons (Fsp3) is 0.765. The molecule has 1 fully saturated rings. The van der Waals surface area contributed by atoms with Crippen molar-refractivity contribution in [2.24, 2.45) is 11.8 Å². The van der Waals surface area contributed by atoms with Crippen LogP contribution in [0, 0.1) is 11.8 Å². The van der Waals surface area contributed by atoms with E-state index < -0.39 is 29.4 Å². The number of hydrogen-bond acceptors (Lipinski definition) is 5. The van der Waals surface area contributed by atoms with E-state index in [0.717, 1.165) is 0 Å². The Labute approximate surface area is 143 Å². The van der Waals surface area contributed by atoms with Gasteiger partial charge in [-0.05, 0) is 6.42 Å². The van der Waals surface area contributed by atoms with Crippen molar-refractivity contribution in [3.63, 3.8) is 0 Å². The van der Waals surface area contributed by atoms with Crippen LogP contribution in [-0.2, 0) is 23.9 Å². The van der Waals surface area contributed by atoms with Crippen LogP contribution in [0.3, 0.4) is 0 Å². The summed E-state index contributed by atoms with van der Waals surface area (Å²) in [7, 11) is 3.10. The van der Waals surface area contributed by atoms with Crippen molar-refractivity contribution in [3.05, 3.63) is 0 Å². The van der Waals surface area contributed by atoms with Crippen LogP contribution in [-0.4, -0.2) is 73.6 Å². The molecule has 1 aliphatic heterocycles. The predicted molar refractivity (Wildman–Crippen MR) is 88.3 cm³/mol. The number of ether oxygens (including phenoxy) is 1. The molecule has 0 radical (unpaired) electrons. The summed E-state index contributed by atoms with van der Waals surface area (Å²) >= 11 is 0. The minimum absolute atomic E-state index is 0.156. The highest BCUT2D eigenvalue weighted by atomic mass is 16.5. The summed E-state index contributed by atoms with van der Waals surface area (Å²) in [6.07, 6.45) is 1.11. The molecule has 0 unspecified atom stereocenters. The maximum atomic E-state index is 12.8. The summed E-state index contributed by atoms with van der Waals surface area (Å²) in [5.74, 6) is -3.94. The Morgan fingerprint density at radius 1 is 1.08 bits per heavy atom. The molecular formula is C17H28N2O5. The van der Waals surface area contributed by atoms with Gasteiger partial charge in [-0.2, -0.15) is 0 Å². The largest absolute Gasteiger partial charge is 0.378 e. The Balaban J connectivity index is 3.06. The van der Waals surface area contributed by atoms with Crippen LogP contribution in [0.4, 0.5) is 0 Å². The predicted octanol–water partition coefficient (Wildman–Crippen LogP) is 0.514. The minimum Gasteiger partial charge on any atom is -0.378 e. The average Bonchev–Trinajstić information content (AvgIpc) is 2.60. The molecule has 1 rings (SSSR count). The molecular weight excluding hydrogens is 312 g/mol. The van der Waals surface area contributed by atoms with Crippen LogP contribution in [0.25, 0.3) is 0 Å². The van der Waals surface area contributed by atoms with Gasteiger partial charge in [0.25, 0.3) is 5.91 Å². The van der Waals surface area contributed by atoms with Crippen molar-refractivity contribution >= 4 is 23.4 Å². The first-order chi connectivity index (χ1) is 11.3. The van der Waals surface area contributed by atoms with Crippen molar-refractivity contribution in [3.8, 4) is 0 Å². The van der Waals surface area contributed by atoms with Gasteiger partial charge in [0, 0.05) is 39.5 Å². The van der Waals surface area contributed by atoms with Crippen LogP contribution in [0.15, 0.2) is 0 Å². The van der Waals surface area contributed by atoms with E-state index in [4.69, 9.17) is 4.74 Å². The highest BCUT2D eigenvalue weighted by Crippen LogP contribution is 2.24. The molecule has 0 spiro atoms. The van der Waals surface area contributed by atoms with Crippen LogP contribution < -0.4 is 0 Å². The van der Waals surface area contributed by atoms with E-state index in [1.807, 2.05) is 6.92 Å². The zero-order valence-electron chi connectivity index (χ0n) is 15.0. The molecule has 7 heteroatoms. The molecule has 7 nitrogen and oxygen atoms in total. The molecule has 136 valence electrons. The molecule has 2 amide bonds. The number of Topliss-reactive ketones (excluding diaryl/α,β-unsaturated/α-hetero) is 2. The number of hydrogen-bond donors (Lipinski definition) is 0. The number of nitrogens with zero attached hydrogens (tertiary/aromatic N) is 2. The van der Waals surface area contributed by atoms with Gasteiger partial charge in [-0.1, -0.05) is 20.3 Å². The number of morpholine rings is 1. The molecule has 0 aromatic carbocycles. The Hall–Kier alpha value is -1.76. The molecule has 0 aromatic heterocycles. The smallest absolute Gasteiger partial charge is 0.290 e. The van der Waals surface area contributed by atoms with Crippen molar-refractivity contribution < 1.29 is 23.9 Å². The number of carbonyl (C=O) groups excluding carboxylic acids is 4. The van der Waals surface area contributed by atoms with Gasteiger partial charge in [-0.3, -0.25) is 19.2 Å². The lowest BCUT2D eigenvalue weighted by Gasteiger charge is -2.30. The first kappa shape index (κ1) is 20.3. The maximum Gasteiger partial charge on any atom is 0.290 e. The number of carbonyl (C=O) groups is 4. The zero-order chi connectivity index (χ0) is 18.3. The van der Waals surface area contributed by atoms with Gasteiger partial charge in [0.2, 0.25) is 11.7 Å². The lowest BCUT2D eigenvalue weighted by atomic mass is 9.80. The molecule has 0 saturated carbocycles.